The summed E-state index contributed by atoms with van der Waals surface area (Å²) < 4.78 is 30.2. The average Bonchev–Trinajstić information content (AvgIpc) is 2.71. The first-order valence-corrected chi connectivity index (χ1v) is 8.97. The van der Waals surface area contributed by atoms with E-state index in [9.17, 15) is 8.42 Å². The zero-order chi connectivity index (χ0) is 17.2. The van der Waals surface area contributed by atoms with E-state index in [4.69, 9.17) is 4.74 Å². The van der Waals surface area contributed by atoms with E-state index in [1.807, 2.05) is 18.5 Å². The number of sulfone groups is 1. The van der Waals surface area contributed by atoms with Gasteiger partial charge in [-0.3, -0.25) is 4.68 Å². The summed E-state index contributed by atoms with van der Waals surface area (Å²) in [6.45, 7) is 6.74. The van der Waals surface area contributed by atoms with Gasteiger partial charge >= 0.3 is 0 Å². The summed E-state index contributed by atoms with van der Waals surface area (Å²) in [5.74, 6) is 0.426. The Balaban J connectivity index is 2.36. The van der Waals surface area contributed by atoms with Crippen LogP contribution in [0.25, 0.3) is 0 Å². The number of anilines is 2. The highest BCUT2D eigenvalue weighted by molar-refractivity contribution is 7.90. The normalized spacial score (nSPS) is 11.7. The molecule has 0 spiro atoms. The highest BCUT2D eigenvalue weighted by Crippen LogP contribution is 2.24. The fourth-order valence-electron chi connectivity index (χ4n) is 2.17. The van der Waals surface area contributed by atoms with Gasteiger partial charge in [-0.15, -0.1) is 0 Å². The van der Waals surface area contributed by atoms with Crippen molar-refractivity contribution < 1.29 is 13.2 Å². The van der Waals surface area contributed by atoms with E-state index in [0.29, 0.717) is 24.7 Å². The van der Waals surface area contributed by atoms with E-state index in [0.717, 1.165) is 23.3 Å². The van der Waals surface area contributed by atoms with Crippen LogP contribution in [-0.2, 0) is 21.1 Å². The summed E-state index contributed by atoms with van der Waals surface area (Å²) in [5, 5.41) is 7.41. The van der Waals surface area contributed by atoms with Gasteiger partial charge in [0.1, 0.15) is 5.82 Å². The molecule has 0 atom stereocenters. The van der Waals surface area contributed by atoms with E-state index in [2.05, 4.69) is 20.4 Å². The number of hydrogen-bond acceptors (Lipinski definition) is 7. The standard InChI is InChI=1S/C14H21N5O3S/c1-9-8-12(17-14(15-9)23(5,20)21)16-13-10(2)18-19(11(13)3)6-7-22-4/h8H,6-7H2,1-5H3,(H,15,16,17). The molecule has 0 radical (unpaired) electrons. The molecule has 0 fully saturated rings. The largest absolute Gasteiger partial charge is 0.383 e. The van der Waals surface area contributed by atoms with Crippen molar-refractivity contribution in [2.75, 3.05) is 25.3 Å². The number of methoxy groups -OCH3 is 1. The van der Waals surface area contributed by atoms with Gasteiger partial charge in [-0.25, -0.2) is 18.4 Å². The van der Waals surface area contributed by atoms with Crippen LogP contribution in [0.15, 0.2) is 11.2 Å². The molecule has 2 aromatic rings. The monoisotopic (exact) mass is 339 g/mol. The van der Waals surface area contributed by atoms with Crippen molar-refractivity contribution in [2.24, 2.45) is 0 Å². The van der Waals surface area contributed by atoms with Crippen molar-refractivity contribution in [1.29, 1.82) is 0 Å². The minimum Gasteiger partial charge on any atom is -0.383 e. The van der Waals surface area contributed by atoms with Gasteiger partial charge < -0.3 is 10.1 Å². The number of ether oxygens (including phenoxy) is 1. The van der Waals surface area contributed by atoms with Crippen molar-refractivity contribution in [1.82, 2.24) is 19.7 Å². The second-order valence-electron chi connectivity index (χ2n) is 5.34. The minimum absolute atomic E-state index is 0.193. The van der Waals surface area contributed by atoms with Crippen LogP contribution >= 0.6 is 0 Å². The molecule has 0 saturated heterocycles. The van der Waals surface area contributed by atoms with Gasteiger partial charge in [-0.2, -0.15) is 5.10 Å². The van der Waals surface area contributed by atoms with E-state index in [1.165, 1.54) is 0 Å². The predicted molar refractivity (Wildman–Crippen MR) is 86.7 cm³/mol. The lowest BCUT2D eigenvalue weighted by Crippen LogP contribution is -2.09. The van der Waals surface area contributed by atoms with Gasteiger partial charge in [-0.05, 0) is 20.8 Å². The van der Waals surface area contributed by atoms with Crippen LogP contribution in [0.3, 0.4) is 0 Å². The molecule has 0 aromatic carbocycles. The van der Waals surface area contributed by atoms with E-state index >= 15 is 0 Å². The van der Waals surface area contributed by atoms with Gasteiger partial charge in [-0.1, -0.05) is 0 Å². The first-order chi connectivity index (χ1) is 10.7. The zero-order valence-electron chi connectivity index (χ0n) is 13.9. The van der Waals surface area contributed by atoms with Crippen LogP contribution in [0.1, 0.15) is 17.1 Å². The molecule has 0 aliphatic heterocycles. The third-order valence-electron chi connectivity index (χ3n) is 3.31. The molecule has 126 valence electrons. The third kappa shape index (κ3) is 4.05. The fraction of sp³-hybridized carbons (Fsp3) is 0.500. The summed E-state index contributed by atoms with van der Waals surface area (Å²) in [6.07, 6.45) is 1.09. The maximum Gasteiger partial charge on any atom is 0.248 e. The molecule has 0 amide bonds. The number of aryl methyl sites for hydroxylation is 2. The molecule has 0 aliphatic rings. The first kappa shape index (κ1) is 17.4. The quantitative estimate of drug-likeness (QED) is 0.794. The highest BCUT2D eigenvalue weighted by atomic mass is 32.2. The van der Waals surface area contributed by atoms with Crippen LogP contribution in [0.4, 0.5) is 11.5 Å². The number of rotatable bonds is 6. The highest BCUT2D eigenvalue weighted by Gasteiger charge is 2.16. The molecule has 0 bridgehead atoms. The van der Waals surface area contributed by atoms with E-state index < -0.39 is 9.84 Å². The predicted octanol–water partition coefficient (Wildman–Crippen LogP) is 1.39. The Hall–Kier alpha value is -2.00. The molecule has 23 heavy (non-hydrogen) atoms. The molecule has 2 rings (SSSR count). The fourth-order valence-corrected chi connectivity index (χ4v) is 2.75. The number of aromatic nitrogens is 4. The van der Waals surface area contributed by atoms with Crippen LogP contribution in [-0.4, -0.2) is 48.1 Å². The van der Waals surface area contributed by atoms with Crippen molar-refractivity contribution in [3.8, 4) is 0 Å². The van der Waals surface area contributed by atoms with Gasteiger partial charge in [0.25, 0.3) is 0 Å². The maximum atomic E-state index is 11.7. The average molecular weight is 339 g/mol. The summed E-state index contributed by atoms with van der Waals surface area (Å²) >= 11 is 0. The van der Waals surface area contributed by atoms with Gasteiger partial charge in [0.15, 0.2) is 0 Å². The smallest absolute Gasteiger partial charge is 0.248 e. The molecule has 2 aromatic heterocycles. The maximum absolute atomic E-state index is 11.7. The number of hydrogen-bond donors (Lipinski definition) is 1. The lowest BCUT2D eigenvalue weighted by Gasteiger charge is -2.09. The first-order valence-electron chi connectivity index (χ1n) is 7.08. The molecule has 1 N–H and O–H groups in total. The van der Waals surface area contributed by atoms with Gasteiger partial charge in [0.05, 0.1) is 30.2 Å². The Kier molecular flexibility index (Phi) is 5.00. The number of nitrogens with zero attached hydrogens (tertiary/aromatic N) is 4. The molecular weight excluding hydrogens is 318 g/mol. The summed E-state index contributed by atoms with van der Waals surface area (Å²) in [4.78, 5) is 8.04. The summed E-state index contributed by atoms with van der Waals surface area (Å²) in [7, 11) is -1.83. The second kappa shape index (κ2) is 6.63. The van der Waals surface area contributed by atoms with Crippen molar-refractivity contribution >= 4 is 21.3 Å². The lowest BCUT2D eigenvalue weighted by atomic mass is 10.3. The topological polar surface area (TPSA) is 99.0 Å². The van der Waals surface area contributed by atoms with Crippen molar-refractivity contribution in [2.45, 2.75) is 32.5 Å². The summed E-state index contributed by atoms with van der Waals surface area (Å²) in [6, 6.07) is 1.69. The Bertz CT molecular complexity index is 814. The van der Waals surface area contributed by atoms with E-state index in [1.54, 1.807) is 20.1 Å². The third-order valence-corrected chi connectivity index (χ3v) is 4.15. The van der Waals surface area contributed by atoms with Gasteiger partial charge in [0, 0.05) is 25.1 Å². The molecule has 0 unspecified atom stereocenters. The molecule has 0 aliphatic carbocycles. The van der Waals surface area contributed by atoms with Crippen molar-refractivity contribution in [3.05, 3.63) is 23.1 Å². The zero-order valence-corrected chi connectivity index (χ0v) is 14.7. The Morgan fingerprint density at radius 3 is 2.57 bits per heavy atom. The molecule has 8 nitrogen and oxygen atoms in total. The molecule has 9 heteroatoms. The molecular formula is C14H21N5O3S. The molecule has 0 saturated carbocycles. The minimum atomic E-state index is -3.47. The second-order valence-corrected chi connectivity index (χ2v) is 7.25. The van der Waals surface area contributed by atoms with Gasteiger partial charge in [0.2, 0.25) is 15.0 Å². The van der Waals surface area contributed by atoms with Crippen LogP contribution < -0.4 is 5.32 Å². The van der Waals surface area contributed by atoms with Crippen molar-refractivity contribution in [3.63, 3.8) is 0 Å². The molecule has 2 heterocycles. The number of nitrogens with one attached hydrogen (secondary N) is 1. The SMILES string of the molecule is COCCn1nc(C)c(Nc2cc(C)nc(S(C)(=O)=O)n2)c1C. The van der Waals surface area contributed by atoms with Crippen LogP contribution in [0, 0.1) is 20.8 Å². The Labute approximate surface area is 135 Å². The van der Waals surface area contributed by atoms with Crippen LogP contribution in [0.2, 0.25) is 0 Å². The van der Waals surface area contributed by atoms with E-state index in [-0.39, 0.29) is 5.16 Å². The lowest BCUT2D eigenvalue weighted by molar-refractivity contribution is 0.182. The summed E-state index contributed by atoms with van der Waals surface area (Å²) in [5.41, 5.74) is 3.11. The van der Waals surface area contributed by atoms with Crippen LogP contribution in [0.5, 0.6) is 0 Å². The Morgan fingerprint density at radius 1 is 1.26 bits per heavy atom. The Morgan fingerprint density at radius 2 is 1.96 bits per heavy atom.